The van der Waals surface area contributed by atoms with Crippen LogP contribution in [0.4, 0.5) is 0 Å². The molecule has 0 N–H and O–H groups in total. The number of halogens is 1. The zero-order chi connectivity index (χ0) is 14.9. The molecule has 5 nitrogen and oxygen atoms in total. The fourth-order valence-electron chi connectivity index (χ4n) is 2.01. The van der Waals surface area contributed by atoms with E-state index in [4.69, 9.17) is 10.7 Å². The van der Waals surface area contributed by atoms with Crippen LogP contribution in [0.1, 0.15) is 0 Å². The minimum atomic E-state index is -4.01. The topological polar surface area (TPSA) is 64.8 Å². The Labute approximate surface area is 126 Å². The predicted molar refractivity (Wildman–Crippen MR) is 79.8 cm³/mol. The molecule has 0 unspecified atom stereocenters. The maximum atomic E-state index is 11.7. The standard InChI is InChI=1S/C14H10ClN3O2S/c15-21(19,20)14-17-16-13(11-7-3-1-4-8-11)18(14)12-9-5-2-6-10-12/h1-10H. The molecule has 106 valence electrons. The van der Waals surface area contributed by atoms with Gasteiger partial charge in [0.2, 0.25) is 0 Å². The van der Waals surface area contributed by atoms with Gasteiger partial charge in [0, 0.05) is 21.9 Å². The maximum Gasteiger partial charge on any atom is 0.297 e. The van der Waals surface area contributed by atoms with Crippen molar-refractivity contribution in [2.45, 2.75) is 5.16 Å². The van der Waals surface area contributed by atoms with Crippen molar-refractivity contribution in [3.05, 3.63) is 60.7 Å². The molecule has 0 bridgehead atoms. The van der Waals surface area contributed by atoms with Gasteiger partial charge in [0.05, 0.1) is 0 Å². The average molecular weight is 320 g/mol. The van der Waals surface area contributed by atoms with E-state index in [0.29, 0.717) is 11.5 Å². The van der Waals surface area contributed by atoms with Gasteiger partial charge in [0.15, 0.2) is 5.82 Å². The molecule has 0 saturated carbocycles. The monoisotopic (exact) mass is 319 g/mol. The van der Waals surface area contributed by atoms with Crippen LogP contribution in [0, 0.1) is 0 Å². The number of para-hydroxylation sites is 1. The van der Waals surface area contributed by atoms with Crippen LogP contribution in [0.2, 0.25) is 0 Å². The number of nitrogens with zero attached hydrogens (tertiary/aromatic N) is 3. The van der Waals surface area contributed by atoms with Gasteiger partial charge in [-0.05, 0) is 12.1 Å². The third kappa shape index (κ3) is 2.68. The van der Waals surface area contributed by atoms with Crippen molar-refractivity contribution in [2.24, 2.45) is 0 Å². The first-order valence-electron chi connectivity index (χ1n) is 6.08. The van der Waals surface area contributed by atoms with Crippen molar-refractivity contribution in [3.63, 3.8) is 0 Å². The molecule has 0 atom stereocenters. The minimum Gasteiger partial charge on any atom is -0.265 e. The van der Waals surface area contributed by atoms with Crippen molar-refractivity contribution in [1.82, 2.24) is 14.8 Å². The lowest BCUT2D eigenvalue weighted by molar-refractivity contribution is 0.597. The van der Waals surface area contributed by atoms with Crippen LogP contribution in [-0.2, 0) is 9.05 Å². The third-order valence-electron chi connectivity index (χ3n) is 2.90. The molecule has 0 amide bonds. The number of rotatable bonds is 3. The van der Waals surface area contributed by atoms with E-state index in [-0.39, 0.29) is 5.16 Å². The second kappa shape index (κ2) is 5.31. The molecule has 1 heterocycles. The van der Waals surface area contributed by atoms with E-state index in [0.717, 1.165) is 5.56 Å². The summed E-state index contributed by atoms with van der Waals surface area (Å²) in [5.74, 6) is 0.418. The number of hydrogen-bond acceptors (Lipinski definition) is 4. The molecule has 21 heavy (non-hydrogen) atoms. The molecular weight excluding hydrogens is 310 g/mol. The quantitative estimate of drug-likeness (QED) is 0.696. The Hall–Kier alpha value is -2.18. The zero-order valence-electron chi connectivity index (χ0n) is 10.7. The predicted octanol–water partition coefficient (Wildman–Crippen LogP) is 2.86. The van der Waals surface area contributed by atoms with E-state index in [1.54, 1.807) is 24.3 Å². The van der Waals surface area contributed by atoms with Gasteiger partial charge in [0.25, 0.3) is 14.2 Å². The Morgan fingerprint density at radius 1 is 0.857 bits per heavy atom. The summed E-state index contributed by atoms with van der Waals surface area (Å²) in [5.41, 5.74) is 1.38. The molecule has 0 fully saturated rings. The summed E-state index contributed by atoms with van der Waals surface area (Å²) in [5, 5.41) is 7.41. The molecule has 0 saturated heterocycles. The molecule has 3 aromatic rings. The molecule has 0 aliphatic heterocycles. The Kier molecular flexibility index (Phi) is 3.48. The highest BCUT2D eigenvalue weighted by Crippen LogP contribution is 2.26. The molecule has 0 spiro atoms. The maximum absolute atomic E-state index is 11.7. The highest BCUT2D eigenvalue weighted by molar-refractivity contribution is 8.13. The van der Waals surface area contributed by atoms with Crippen molar-refractivity contribution in [1.29, 1.82) is 0 Å². The summed E-state index contributed by atoms with van der Waals surface area (Å²) in [4.78, 5) is 0. The van der Waals surface area contributed by atoms with Crippen LogP contribution >= 0.6 is 10.7 Å². The van der Waals surface area contributed by atoms with Crippen molar-refractivity contribution < 1.29 is 8.42 Å². The Balaban J connectivity index is 2.31. The zero-order valence-corrected chi connectivity index (χ0v) is 12.3. The third-order valence-corrected chi connectivity index (χ3v) is 4.01. The van der Waals surface area contributed by atoms with Crippen LogP contribution in [0.3, 0.4) is 0 Å². The summed E-state index contributed by atoms with van der Waals surface area (Å²) in [6, 6.07) is 18.2. The second-order valence-electron chi connectivity index (χ2n) is 4.28. The lowest BCUT2D eigenvalue weighted by Gasteiger charge is -2.08. The summed E-state index contributed by atoms with van der Waals surface area (Å²) in [6.07, 6.45) is 0. The average Bonchev–Trinajstić information content (AvgIpc) is 2.94. The Morgan fingerprint density at radius 3 is 2.00 bits per heavy atom. The smallest absolute Gasteiger partial charge is 0.265 e. The van der Waals surface area contributed by atoms with Crippen LogP contribution in [-0.4, -0.2) is 23.2 Å². The first kappa shape index (κ1) is 13.8. The highest BCUT2D eigenvalue weighted by atomic mass is 35.7. The van der Waals surface area contributed by atoms with E-state index in [1.165, 1.54) is 4.57 Å². The first-order chi connectivity index (χ1) is 10.1. The fraction of sp³-hybridized carbons (Fsp3) is 0. The molecule has 1 aromatic heterocycles. The van der Waals surface area contributed by atoms with Gasteiger partial charge in [0.1, 0.15) is 0 Å². The van der Waals surface area contributed by atoms with Gasteiger partial charge in [-0.3, -0.25) is 4.57 Å². The normalized spacial score (nSPS) is 11.5. The second-order valence-corrected chi connectivity index (χ2v) is 6.74. The minimum absolute atomic E-state index is 0.297. The van der Waals surface area contributed by atoms with Gasteiger partial charge >= 0.3 is 0 Å². The van der Waals surface area contributed by atoms with Gasteiger partial charge in [-0.25, -0.2) is 8.42 Å². The van der Waals surface area contributed by atoms with E-state index in [9.17, 15) is 8.42 Å². The van der Waals surface area contributed by atoms with Crippen molar-refractivity contribution in [3.8, 4) is 17.1 Å². The lowest BCUT2D eigenvalue weighted by atomic mass is 10.2. The number of aromatic nitrogens is 3. The van der Waals surface area contributed by atoms with E-state index < -0.39 is 9.05 Å². The largest absolute Gasteiger partial charge is 0.297 e. The molecule has 2 aromatic carbocycles. The summed E-state index contributed by atoms with van der Waals surface area (Å²) < 4.78 is 24.9. The van der Waals surface area contributed by atoms with Crippen LogP contribution in [0.25, 0.3) is 17.1 Å². The molecule has 0 aliphatic carbocycles. The van der Waals surface area contributed by atoms with E-state index in [1.807, 2.05) is 36.4 Å². The molecule has 0 aliphatic rings. The van der Waals surface area contributed by atoms with Gasteiger partial charge in [-0.15, -0.1) is 10.2 Å². The van der Waals surface area contributed by atoms with E-state index >= 15 is 0 Å². The van der Waals surface area contributed by atoms with Crippen LogP contribution < -0.4 is 0 Å². The van der Waals surface area contributed by atoms with Crippen molar-refractivity contribution >= 4 is 19.7 Å². The van der Waals surface area contributed by atoms with Gasteiger partial charge < -0.3 is 0 Å². The number of benzene rings is 2. The van der Waals surface area contributed by atoms with Crippen LogP contribution in [0.15, 0.2) is 65.8 Å². The van der Waals surface area contributed by atoms with Gasteiger partial charge in [-0.2, -0.15) is 0 Å². The molecule has 3 rings (SSSR count). The number of hydrogen-bond donors (Lipinski definition) is 0. The summed E-state index contributed by atoms with van der Waals surface area (Å²) in [7, 11) is 1.46. The van der Waals surface area contributed by atoms with Crippen molar-refractivity contribution in [2.75, 3.05) is 0 Å². The fourth-order valence-corrected chi connectivity index (χ4v) is 2.86. The van der Waals surface area contributed by atoms with Gasteiger partial charge in [-0.1, -0.05) is 48.5 Å². The summed E-state index contributed by atoms with van der Waals surface area (Å²) >= 11 is 0. The lowest BCUT2D eigenvalue weighted by Crippen LogP contribution is -2.05. The highest BCUT2D eigenvalue weighted by Gasteiger charge is 2.24. The molecule has 0 radical (unpaired) electrons. The molecular formula is C14H10ClN3O2S. The summed E-state index contributed by atoms with van der Waals surface area (Å²) in [6.45, 7) is 0. The Morgan fingerprint density at radius 2 is 1.43 bits per heavy atom. The van der Waals surface area contributed by atoms with Crippen LogP contribution in [0.5, 0.6) is 0 Å². The SMILES string of the molecule is O=S(=O)(Cl)c1nnc(-c2ccccc2)n1-c1ccccc1. The Bertz CT molecular complexity index is 862. The van der Waals surface area contributed by atoms with E-state index in [2.05, 4.69) is 10.2 Å². The molecule has 7 heteroatoms. The first-order valence-corrected chi connectivity index (χ1v) is 8.39.